The number of thiophene rings is 1. The van der Waals surface area contributed by atoms with Crippen molar-refractivity contribution in [2.75, 3.05) is 7.05 Å². The van der Waals surface area contributed by atoms with Gasteiger partial charge in [-0.3, -0.25) is 0 Å². The van der Waals surface area contributed by atoms with Gasteiger partial charge in [0, 0.05) is 15.4 Å². The summed E-state index contributed by atoms with van der Waals surface area (Å²) in [4.78, 5) is 1.46. The van der Waals surface area contributed by atoms with Gasteiger partial charge < -0.3 is 5.32 Å². The van der Waals surface area contributed by atoms with Crippen LogP contribution >= 0.6 is 27.3 Å². The van der Waals surface area contributed by atoms with Crippen LogP contribution in [0.25, 0.3) is 0 Å². The van der Waals surface area contributed by atoms with Crippen molar-refractivity contribution in [2.24, 2.45) is 5.92 Å². The molecule has 0 saturated heterocycles. The Hall–Kier alpha value is 0.140. The van der Waals surface area contributed by atoms with E-state index in [-0.39, 0.29) is 0 Å². The van der Waals surface area contributed by atoms with E-state index in [1.807, 2.05) is 11.3 Å². The number of rotatable bonds is 6. The van der Waals surface area contributed by atoms with Crippen molar-refractivity contribution in [2.45, 2.75) is 39.2 Å². The topological polar surface area (TPSA) is 12.0 Å². The van der Waals surface area contributed by atoms with E-state index in [0.717, 1.165) is 12.3 Å². The van der Waals surface area contributed by atoms with Crippen LogP contribution in [0.2, 0.25) is 0 Å². The summed E-state index contributed by atoms with van der Waals surface area (Å²) in [7, 11) is 2.06. The average molecular weight is 290 g/mol. The van der Waals surface area contributed by atoms with Gasteiger partial charge in [0.15, 0.2) is 0 Å². The molecule has 15 heavy (non-hydrogen) atoms. The first kappa shape index (κ1) is 13.2. The first-order valence-corrected chi connectivity index (χ1v) is 7.23. The van der Waals surface area contributed by atoms with Gasteiger partial charge in [-0.2, -0.15) is 0 Å². The molecule has 0 bridgehead atoms. The molecule has 0 saturated carbocycles. The largest absolute Gasteiger partial charge is 0.317 e. The molecule has 0 aliphatic rings. The average Bonchev–Trinajstić information content (AvgIpc) is 2.63. The molecule has 2 atom stereocenters. The highest BCUT2D eigenvalue weighted by atomic mass is 79.9. The van der Waals surface area contributed by atoms with Crippen LogP contribution in [0.5, 0.6) is 0 Å². The second-order valence-corrected chi connectivity index (χ2v) is 5.99. The molecule has 0 amide bonds. The van der Waals surface area contributed by atoms with E-state index < -0.39 is 0 Å². The molecular weight excluding hydrogens is 270 g/mol. The molecule has 0 aromatic carbocycles. The third-order valence-electron chi connectivity index (χ3n) is 2.91. The van der Waals surface area contributed by atoms with Crippen LogP contribution in [0.4, 0.5) is 0 Å². The lowest BCUT2D eigenvalue weighted by Crippen LogP contribution is -2.29. The van der Waals surface area contributed by atoms with E-state index in [1.54, 1.807) is 0 Å². The number of hydrogen-bond donors (Lipinski definition) is 1. The number of likely N-dealkylation sites (N-methyl/N-ethyl adjacent to an activating group) is 1. The normalized spacial score (nSPS) is 15.2. The van der Waals surface area contributed by atoms with E-state index in [1.165, 1.54) is 22.2 Å². The summed E-state index contributed by atoms with van der Waals surface area (Å²) in [5.41, 5.74) is 0. The van der Waals surface area contributed by atoms with Gasteiger partial charge in [0.1, 0.15) is 0 Å². The third-order valence-corrected chi connectivity index (χ3v) is 4.86. The maximum Gasteiger partial charge on any atom is 0.0314 e. The quantitative estimate of drug-likeness (QED) is 0.832. The molecule has 0 aliphatic carbocycles. The maximum atomic E-state index is 3.59. The summed E-state index contributed by atoms with van der Waals surface area (Å²) in [6, 6.07) is 2.74. The zero-order chi connectivity index (χ0) is 11.3. The first-order chi connectivity index (χ1) is 7.17. The zero-order valence-corrected chi connectivity index (χ0v) is 12.1. The van der Waals surface area contributed by atoms with Gasteiger partial charge in [0.25, 0.3) is 0 Å². The number of halogens is 1. The van der Waals surface area contributed by atoms with E-state index in [0.29, 0.717) is 6.04 Å². The Morgan fingerprint density at radius 3 is 2.73 bits per heavy atom. The van der Waals surface area contributed by atoms with E-state index in [9.17, 15) is 0 Å². The van der Waals surface area contributed by atoms with Crippen molar-refractivity contribution in [1.29, 1.82) is 0 Å². The van der Waals surface area contributed by atoms with Crippen LogP contribution in [-0.2, 0) is 6.42 Å². The molecule has 1 N–H and O–H groups in total. The first-order valence-electron chi connectivity index (χ1n) is 5.56. The van der Waals surface area contributed by atoms with Crippen molar-refractivity contribution in [3.63, 3.8) is 0 Å². The summed E-state index contributed by atoms with van der Waals surface area (Å²) >= 11 is 5.43. The lowest BCUT2D eigenvalue weighted by Gasteiger charge is -2.19. The van der Waals surface area contributed by atoms with Crippen LogP contribution in [0.15, 0.2) is 15.9 Å². The van der Waals surface area contributed by atoms with Gasteiger partial charge in [-0.05, 0) is 53.2 Å². The third kappa shape index (κ3) is 4.25. The van der Waals surface area contributed by atoms with Crippen molar-refractivity contribution in [3.8, 4) is 0 Å². The molecular formula is C12H20BrNS. The number of hydrogen-bond acceptors (Lipinski definition) is 2. The molecule has 3 heteroatoms. The Bertz CT molecular complexity index is 285. The molecule has 1 rings (SSSR count). The van der Waals surface area contributed by atoms with Crippen molar-refractivity contribution in [3.05, 3.63) is 20.8 Å². The predicted octanol–water partition coefficient (Wildman–Crippen LogP) is 4.08. The fourth-order valence-electron chi connectivity index (χ4n) is 1.65. The molecule has 1 aromatic rings. The summed E-state index contributed by atoms with van der Waals surface area (Å²) in [5, 5.41) is 5.57. The van der Waals surface area contributed by atoms with Crippen LogP contribution in [0, 0.1) is 5.92 Å². The highest BCUT2D eigenvalue weighted by Crippen LogP contribution is 2.25. The zero-order valence-electron chi connectivity index (χ0n) is 9.72. The van der Waals surface area contributed by atoms with Crippen LogP contribution in [0.1, 0.15) is 31.6 Å². The Labute approximate surface area is 105 Å². The molecule has 86 valence electrons. The fraction of sp³-hybridized carbons (Fsp3) is 0.667. The van der Waals surface area contributed by atoms with E-state index in [4.69, 9.17) is 0 Å². The van der Waals surface area contributed by atoms with Gasteiger partial charge >= 0.3 is 0 Å². The highest BCUT2D eigenvalue weighted by Gasteiger charge is 2.13. The molecule has 1 heterocycles. The molecule has 0 aliphatic heterocycles. The second kappa shape index (κ2) is 6.66. The summed E-state index contributed by atoms with van der Waals surface area (Å²) in [6.07, 6.45) is 3.67. The minimum Gasteiger partial charge on any atom is -0.317 e. The standard InChI is InChI=1S/C12H20BrNS/c1-4-9(2)7-10(14-3)8-12-11(13)5-6-15-12/h5-6,9-10,14H,4,7-8H2,1-3H3. The molecule has 1 nitrogen and oxygen atoms in total. The van der Waals surface area contributed by atoms with Crippen molar-refractivity contribution >= 4 is 27.3 Å². The highest BCUT2D eigenvalue weighted by molar-refractivity contribution is 9.10. The van der Waals surface area contributed by atoms with Crippen molar-refractivity contribution in [1.82, 2.24) is 5.32 Å². The molecule has 0 fully saturated rings. The molecule has 2 unspecified atom stereocenters. The van der Waals surface area contributed by atoms with Gasteiger partial charge in [-0.25, -0.2) is 0 Å². The van der Waals surface area contributed by atoms with Crippen molar-refractivity contribution < 1.29 is 0 Å². The summed E-state index contributed by atoms with van der Waals surface area (Å²) in [6.45, 7) is 4.59. The molecule has 0 spiro atoms. The summed E-state index contributed by atoms with van der Waals surface area (Å²) in [5.74, 6) is 0.807. The van der Waals surface area contributed by atoms with Gasteiger partial charge in [-0.1, -0.05) is 20.3 Å². The lowest BCUT2D eigenvalue weighted by atomic mass is 9.97. The predicted molar refractivity (Wildman–Crippen MR) is 72.6 cm³/mol. The monoisotopic (exact) mass is 289 g/mol. The van der Waals surface area contributed by atoms with E-state index >= 15 is 0 Å². The maximum absolute atomic E-state index is 3.59. The SMILES string of the molecule is CCC(C)CC(Cc1sccc1Br)NC. The fourth-order valence-corrected chi connectivity index (χ4v) is 3.25. The molecule has 1 aromatic heterocycles. The van der Waals surface area contributed by atoms with Gasteiger partial charge in [0.05, 0.1) is 0 Å². The minimum absolute atomic E-state index is 0.606. The van der Waals surface area contributed by atoms with Gasteiger partial charge in [-0.15, -0.1) is 11.3 Å². The second-order valence-electron chi connectivity index (χ2n) is 4.13. The molecule has 0 radical (unpaired) electrons. The van der Waals surface area contributed by atoms with Crippen LogP contribution in [-0.4, -0.2) is 13.1 Å². The Morgan fingerprint density at radius 2 is 2.27 bits per heavy atom. The van der Waals surface area contributed by atoms with E-state index in [2.05, 4.69) is 53.6 Å². The minimum atomic E-state index is 0.606. The van der Waals surface area contributed by atoms with Crippen LogP contribution < -0.4 is 5.32 Å². The smallest absolute Gasteiger partial charge is 0.0314 e. The summed E-state index contributed by atoms with van der Waals surface area (Å²) < 4.78 is 1.26. The Kier molecular flexibility index (Phi) is 5.87. The Balaban J connectivity index is 2.50. The van der Waals surface area contributed by atoms with Gasteiger partial charge in [0.2, 0.25) is 0 Å². The Morgan fingerprint density at radius 1 is 1.53 bits per heavy atom. The lowest BCUT2D eigenvalue weighted by molar-refractivity contribution is 0.411. The number of nitrogens with one attached hydrogen (secondary N) is 1. The van der Waals surface area contributed by atoms with Crippen LogP contribution in [0.3, 0.4) is 0 Å².